The Morgan fingerprint density at radius 1 is 1.67 bits per heavy atom. The van der Waals surface area contributed by atoms with Crippen molar-refractivity contribution in [3.05, 3.63) is 0 Å². The van der Waals surface area contributed by atoms with Gasteiger partial charge in [0, 0.05) is 12.1 Å². The van der Waals surface area contributed by atoms with Gasteiger partial charge in [0.05, 0.1) is 0 Å². The maximum absolute atomic E-state index is 10.4. The van der Waals surface area contributed by atoms with E-state index in [9.17, 15) is 4.79 Å². The van der Waals surface area contributed by atoms with E-state index < -0.39 is 6.09 Å². The number of hydrogen-bond donors (Lipinski definition) is 2. The van der Waals surface area contributed by atoms with Gasteiger partial charge in [0.1, 0.15) is 6.10 Å². The number of ether oxygens (including phenoxy) is 1. The van der Waals surface area contributed by atoms with Crippen LogP contribution in [-0.4, -0.2) is 24.3 Å². The Labute approximate surface area is 72.5 Å². The Balaban J connectivity index is 2.31. The summed E-state index contributed by atoms with van der Waals surface area (Å²) < 4.78 is 4.86. The lowest BCUT2D eigenvalue weighted by molar-refractivity contribution is 0.0705. The molecule has 12 heavy (non-hydrogen) atoms. The van der Waals surface area contributed by atoms with Crippen LogP contribution in [-0.2, 0) is 4.74 Å². The summed E-state index contributed by atoms with van der Waals surface area (Å²) in [6, 6.07) is 0. The quantitative estimate of drug-likeness (QED) is 0.609. The molecule has 70 valence electrons. The predicted molar refractivity (Wildman–Crippen MR) is 45.8 cm³/mol. The maximum atomic E-state index is 10.4. The van der Waals surface area contributed by atoms with E-state index in [2.05, 4.69) is 19.2 Å². The Hall–Kier alpha value is -0.770. The molecule has 1 fully saturated rings. The molecule has 0 bridgehead atoms. The minimum absolute atomic E-state index is 0.0458. The Morgan fingerprint density at radius 3 is 2.75 bits per heavy atom. The van der Waals surface area contributed by atoms with Gasteiger partial charge in [-0.2, -0.15) is 0 Å². The monoisotopic (exact) mass is 172 g/mol. The van der Waals surface area contributed by atoms with E-state index in [-0.39, 0.29) is 11.6 Å². The van der Waals surface area contributed by atoms with Gasteiger partial charge in [-0.15, -0.1) is 0 Å². The summed E-state index contributed by atoms with van der Waals surface area (Å²) in [5, 5.41) is 3.28. The van der Waals surface area contributed by atoms with Crippen molar-refractivity contribution in [3.63, 3.8) is 0 Å². The Kier molecular flexibility index (Phi) is 2.57. The van der Waals surface area contributed by atoms with Crippen molar-refractivity contribution >= 4 is 6.09 Å². The minimum atomic E-state index is -0.679. The van der Waals surface area contributed by atoms with Crippen LogP contribution >= 0.6 is 0 Å². The number of rotatable bonds is 1. The van der Waals surface area contributed by atoms with Gasteiger partial charge in [-0.1, -0.05) is 0 Å². The molecule has 1 amide bonds. The topological polar surface area (TPSA) is 64.3 Å². The average Bonchev–Trinajstić information content (AvgIpc) is 1.93. The molecule has 1 unspecified atom stereocenters. The van der Waals surface area contributed by atoms with Crippen LogP contribution in [0.2, 0.25) is 0 Å². The fourth-order valence-electron chi connectivity index (χ4n) is 1.37. The number of nitrogens with one attached hydrogen (secondary N) is 1. The first kappa shape index (κ1) is 9.32. The minimum Gasteiger partial charge on any atom is -0.445 e. The van der Waals surface area contributed by atoms with Gasteiger partial charge >= 0.3 is 6.09 Å². The van der Waals surface area contributed by atoms with E-state index in [0.29, 0.717) is 6.54 Å². The van der Waals surface area contributed by atoms with Crippen molar-refractivity contribution < 1.29 is 9.53 Å². The summed E-state index contributed by atoms with van der Waals surface area (Å²) in [5.41, 5.74) is 5.07. The molecule has 4 nitrogen and oxygen atoms in total. The van der Waals surface area contributed by atoms with E-state index in [1.165, 1.54) is 0 Å². The number of nitrogens with two attached hydrogens (primary N) is 1. The third-order valence-electron chi connectivity index (χ3n) is 2.18. The smallest absolute Gasteiger partial charge is 0.404 e. The SMILES string of the molecule is CC1(C)CCC(OC(N)=O)CN1. The first-order chi connectivity index (χ1) is 5.49. The molecular formula is C8H16N2O2. The molecule has 0 spiro atoms. The summed E-state index contributed by atoms with van der Waals surface area (Å²) in [5.74, 6) is 0. The van der Waals surface area contributed by atoms with Gasteiger partial charge in [0.25, 0.3) is 0 Å². The van der Waals surface area contributed by atoms with Crippen LogP contribution in [0, 0.1) is 0 Å². The van der Waals surface area contributed by atoms with Crippen LogP contribution in [0.5, 0.6) is 0 Å². The van der Waals surface area contributed by atoms with Gasteiger partial charge in [0.15, 0.2) is 0 Å². The van der Waals surface area contributed by atoms with Crippen LogP contribution in [0.3, 0.4) is 0 Å². The van der Waals surface area contributed by atoms with Crippen molar-refractivity contribution in [2.45, 2.75) is 38.3 Å². The van der Waals surface area contributed by atoms with Crippen molar-refractivity contribution in [2.75, 3.05) is 6.54 Å². The highest BCUT2D eigenvalue weighted by Gasteiger charge is 2.27. The largest absolute Gasteiger partial charge is 0.445 e. The number of carbonyl (C=O) groups is 1. The third-order valence-corrected chi connectivity index (χ3v) is 2.18. The standard InChI is InChI=1S/C8H16N2O2/c1-8(2)4-3-6(5-10-8)12-7(9)11/h6,10H,3-5H2,1-2H3,(H2,9,11). The van der Waals surface area contributed by atoms with Crippen LogP contribution in [0.1, 0.15) is 26.7 Å². The van der Waals surface area contributed by atoms with Crippen molar-refractivity contribution in [1.29, 1.82) is 0 Å². The molecule has 1 aliphatic heterocycles. The average molecular weight is 172 g/mol. The Bertz CT molecular complexity index is 170. The summed E-state index contributed by atoms with van der Waals surface area (Å²) in [6.45, 7) is 4.97. The Morgan fingerprint density at radius 2 is 2.33 bits per heavy atom. The number of piperidine rings is 1. The van der Waals surface area contributed by atoms with Crippen LogP contribution in [0.4, 0.5) is 4.79 Å². The molecule has 3 N–H and O–H groups in total. The van der Waals surface area contributed by atoms with Crippen LogP contribution in [0.25, 0.3) is 0 Å². The molecule has 0 aromatic carbocycles. The van der Waals surface area contributed by atoms with E-state index in [1.807, 2.05) is 0 Å². The van der Waals surface area contributed by atoms with Gasteiger partial charge < -0.3 is 15.8 Å². The number of primary amides is 1. The molecule has 0 aliphatic carbocycles. The molecule has 0 saturated carbocycles. The molecule has 1 rings (SSSR count). The van der Waals surface area contributed by atoms with E-state index in [1.54, 1.807) is 0 Å². The molecule has 0 aromatic rings. The number of amides is 1. The summed E-state index contributed by atoms with van der Waals surface area (Å²) in [7, 11) is 0. The second-order valence-corrected chi connectivity index (χ2v) is 3.86. The van der Waals surface area contributed by atoms with Crippen LogP contribution in [0.15, 0.2) is 0 Å². The van der Waals surface area contributed by atoms with Gasteiger partial charge in [-0.05, 0) is 26.7 Å². The highest BCUT2D eigenvalue weighted by molar-refractivity contribution is 5.64. The zero-order valence-electron chi connectivity index (χ0n) is 7.59. The highest BCUT2D eigenvalue weighted by atomic mass is 16.6. The highest BCUT2D eigenvalue weighted by Crippen LogP contribution is 2.19. The lowest BCUT2D eigenvalue weighted by Gasteiger charge is -2.34. The molecule has 4 heteroatoms. The zero-order chi connectivity index (χ0) is 9.19. The number of hydrogen-bond acceptors (Lipinski definition) is 3. The predicted octanol–water partition coefficient (Wildman–Crippen LogP) is 0.612. The molecular weight excluding hydrogens is 156 g/mol. The fourth-order valence-corrected chi connectivity index (χ4v) is 1.37. The fraction of sp³-hybridized carbons (Fsp3) is 0.875. The van der Waals surface area contributed by atoms with Gasteiger partial charge in [-0.25, -0.2) is 4.79 Å². The van der Waals surface area contributed by atoms with Crippen molar-refractivity contribution in [1.82, 2.24) is 5.32 Å². The lowest BCUT2D eigenvalue weighted by atomic mass is 9.92. The molecule has 1 aliphatic rings. The molecule has 1 saturated heterocycles. The second kappa shape index (κ2) is 3.31. The van der Waals surface area contributed by atoms with Gasteiger partial charge in [0.2, 0.25) is 0 Å². The lowest BCUT2D eigenvalue weighted by Crippen LogP contribution is -2.50. The second-order valence-electron chi connectivity index (χ2n) is 3.86. The molecule has 1 atom stereocenters. The van der Waals surface area contributed by atoms with Gasteiger partial charge in [-0.3, -0.25) is 0 Å². The zero-order valence-corrected chi connectivity index (χ0v) is 7.59. The molecule has 0 aromatic heterocycles. The summed E-state index contributed by atoms with van der Waals surface area (Å²) >= 11 is 0. The van der Waals surface area contributed by atoms with E-state index in [4.69, 9.17) is 10.5 Å². The maximum Gasteiger partial charge on any atom is 0.404 e. The number of carbonyl (C=O) groups excluding carboxylic acids is 1. The first-order valence-electron chi connectivity index (χ1n) is 4.21. The van der Waals surface area contributed by atoms with Crippen LogP contribution < -0.4 is 11.1 Å². The third kappa shape index (κ3) is 2.70. The van der Waals surface area contributed by atoms with Crippen molar-refractivity contribution in [3.8, 4) is 0 Å². The first-order valence-corrected chi connectivity index (χ1v) is 4.21. The molecule has 1 heterocycles. The van der Waals surface area contributed by atoms with E-state index >= 15 is 0 Å². The van der Waals surface area contributed by atoms with E-state index in [0.717, 1.165) is 12.8 Å². The normalized spacial score (nSPS) is 28.0. The summed E-state index contributed by atoms with van der Waals surface area (Å²) in [4.78, 5) is 10.4. The summed E-state index contributed by atoms with van der Waals surface area (Å²) in [6.07, 6.45) is 1.17. The molecule has 0 radical (unpaired) electrons. The van der Waals surface area contributed by atoms with Crippen molar-refractivity contribution in [2.24, 2.45) is 5.73 Å².